The first-order valence-electron chi connectivity index (χ1n) is 8.08. The highest BCUT2D eigenvalue weighted by atomic mass is 15.1. The Bertz CT molecular complexity index is 615. The van der Waals surface area contributed by atoms with E-state index < -0.39 is 0 Å². The Labute approximate surface area is 128 Å². The third-order valence-electron chi connectivity index (χ3n) is 4.13. The zero-order valence-corrected chi connectivity index (χ0v) is 14.0. The van der Waals surface area contributed by atoms with Gasteiger partial charge in [0.25, 0.3) is 0 Å². The Morgan fingerprint density at radius 1 is 1.10 bits per heavy atom. The number of rotatable bonds is 6. The van der Waals surface area contributed by atoms with Gasteiger partial charge in [0.1, 0.15) is 0 Å². The van der Waals surface area contributed by atoms with Gasteiger partial charge in [-0.1, -0.05) is 6.92 Å². The first kappa shape index (κ1) is 15.6. The van der Waals surface area contributed by atoms with Gasteiger partial charge in [-0.25, -0.2) is 0 Å². The van der Waals surface area contributed by atoms with Gasteiger partial charge in [-0.05, 0) is 57.9 Å². The Kier molecular flexibility index (Phi) is 5.05. The van der Waals surface area contributed by atoms with Crippen molar-refractivity contribution in [2.75, 3.05) is 29.9 Å². The number of benzene rings is 1. The lowest BCUT2D eigenvalue weighted by Crippen LogP contribution is -2.21. The van der Waals surface area contributed by atoms with E-state index in [0.717, 1.165) is 31.6 Å². The number of hydrogen-bond donors (Lipinski definition) is 1. The lowest BCUT2D eigenvalue weighted by Gasteiger charge is -2.22. The number of nitrogens with one attached hydrogen (secondary N) is 1. The molecule has 0 unspecified atom stereocenters. The summed E-state index contributed by atoms with van der Waals surface area (Å²) in [7, 11) is 0. The minimum atomic E-state index is 0.929. The van der Waals surface area contributed by atoms with Crippen LogP contribution in [0.5, 0.6) is 0 Å². The lowest BCUT2D eigenvalue weighted by atomic mass is 10.0. The number of anilines is 2. The molecule has 3 heteroatoms. The van der Waals surface area contributed by atoms with Crippen molar-refractivity contribution in [1.82, 2.24) is 4.98 Å². The van der Waals surface area contributed by atoms with E-state index in [-0.39, 0.29) is 0 Å². The fourth-order valence-electron chi connectivity index (χ4n) is 2.93. The van der Waals surface area contributed by atoms with E-state index in [2.05, 4.69) is 63.0 Å². The Balaban J connectivity index is 2.66. The lowest BCUT2D eigenvalue weighted by molar-refractivity contribution is 0.867. The van der Waals surface area contributed by atoms with E-state index in [1.165, 1.54) is 28.0 Å². The molecule has 2 rings (SSSR count). The molecule has 0 radical (unpaired) electrons. The van der Waals surface area contributed by atoms with Gasteiger partial charge in [-0.2, -0.15) is 0 Å². The number of aryl methyl sites for hydroxylation is 1. The number of pyridine rings is 1. The van der Waals surface area contributed by atoms with Gasteiger partial charge in [-0.3, -0.25) is 4.98 Å². The first-order chi connectivity index (χ1) is 10.2. The van der Waals surface area contributed by atoms with Crippen LogP contribution >= 0.6 is 0 Å². The minimum absolute atomic E-state index is 0.929. The fourth-order valence-corrected chi connectivity index (χ4v) is 2.93. The molecule has 0 amide bonds. The van der Waals surface area contributed by atoms with Gasteiger partial charge in [0.05, 0.1) is 5.52 Å². The number of aromatic nitrogens is 1. The maximum Gasteiger partial charge on any atom is 0.0727 e. The third-order valence-corrected chi connectivity index (χ3v) is 4.13. The average Bonchev–Trinajstić information content (AvgIpc) is 2.51. The zero-order chi connectivity index (χ0) is 15.4. The normalized spacial score (nSPS) is 10.9. The van der Waals surface area contributed by atoms with Crippen LogP contribution in [0.4, 0.5) is 11.4 Å². The van der Waals surface area contributed by atoms with Gasteiger partial charge in [0.15, 0.2) is 0 Å². The minimum Gasteiger partial charge on any atom is -0.385 e. The largest absolute Gasteiger partial charge is 0.385 e. The highest BCUT2D eigenvalue weighted by molar-refractivity contribution is 5.95. The molecule has 1 aromatic heterocycles. The van der Waals surface area contributed by atoms with Gasteiger partial charge in [0, 0.05) is 42.1 Å². The summed E-state index contributed by atoms with van der Waals surface area (Å²) in [4.78, 5) is 7.20. The van der Waals surface area contributed by atoms with Crippen LogP contribution in [0.25, 0.3) is 10.9 Å². The number of fused-ring (bicyclic) bond motifs is 1. The van der Waals surface area contributed by atoms with E-state index in [9.17, 15) is 0 Å². The molecular weight excluding hydrogens is 258 g/mol. The van der Waals surface area contributed by atoms with Gasteiger partial charge >= 0.3 is 0 Å². The summed E-state index contributed by atoms with van der Waals surface area (Å²) in [5.41, 5.74) is 6.08. The van der Waals surface area contributed by atoms with Crippen molar-refractivity contribution in [1.29, 1.82) is 0 Å². The SMILES string of the molecule is CCNc1c(C)c(CC)nc2ccc(N(CC)CC)cc12. The van der Waals surface area contributed by atoms with Gasteiger partial charge in [-0.15, -0.1) is 0 Å². The standard InChI is InChI=1S/C18H27N3/c1-6-16-13(5)18(19-7-2)15-12-14(21(8-3)9-4)10-11-17(15)20-16/h10-12H,6-9H2,1-5H3,(H,19,20). The molecule has 1 aromatic carbocycles. The van der Waals surface area contributed by atoms with Crippen molar-refractivity contribution in [2.45, 2.75) is 41.0 Å². The second-order valence-corrected chi connectivity index (χ2v) is 5.32. The molecule has 0 aliphatic rings. The average molecular weight is 285 g/mol. The van der Waals surface area contributed by atoms with E-state index in [1.807, 2.05) is 0 Å². The predicted octanol–water partition coefficient (Wildman–Crippen LogP) is 4.38. The van der Waals surface area contributed by atoms with Crippen molar-refractivity contribution in [3.63, 3.8) is 0 Å². The maximum atomic E-state index is 4.83. The van der Waals surface area contributed by atoms with Crippen LogP contribution in [0.15, 0.2) is 18.2 Å². The summed E-state index contributed by atoms with van der Waals surface area (Å²) >= 11 is 0. The molecule has 114 valence electrons. The Morgan fingerprint density at radius 2 is 1.81 bits per heavy atom. The molecule has 1 heterocycles. The smallest absolute Gasteiger partial charge is 0.0727 e. The summed E-state index contributed by atoms with van der Waals surface area (Å²) < 4.78 is 0. The molecule has 0 fully saturated rings. The molecule has 0 saturated carbocycles. The van der Waals surface area contributed by atoms with E-state index in [4.69, 9.17) is 4.98 Å². The highest BCUT2D eigenvalue weighted by Gasteiger charge is 2.12. The maximum absolute atomic E-state index is 4.83. The molecular formula is C18H27N3. The van der Waals surface area contributed by atoms with E-state index >= 15 is 0 Å². The summed E-state index contributed by atoms with van der Waals surface area (Å²) in [6, 6.07) is 6.62. The fraction of sp³-hybridized carbons (Fsp3) is 0.500. The molecule has 1 N–H and O–H groups in total. The van der Waals surface area contributed by atoms with Crippen molar-refractivity contribution < 1.29 is 0 Å². The topological polar surface area (TPSA) is 28.2 Å². The van der Waals surface area contributed by atoms with Crippen molar-refractivity contribution in [3.8, 4) is 0 Å². The van der Waals surface area contributed by atoms with Crippen LogP contribution in [-0.4, -0.2) is 24.6 Å². The van der Waals surface area contributed by atoms with Gasteiger partial charge < -0.3 is 10.2 Å². The third kappa shape index (κ3) is 2.97. The van der Waals surface area contributed by atoms with Crippen molar-refractivity contribution in [3.05, 3.63) is 29.5 Å². The molecule has 2 aromatic rings. The predicted molar refractivity (Wildman–Crippen MR) is 93.6 cm³/mol. The molecule has 0 aliphatic heterocycles. The zero-order valence-electron chi connectivity index (χ0n) is 14.0. The summed E-state index contributed by atoms with van der Waals surface area (Å²) in [6.07, 6.45) is 0.970. The molecule has 0 bridgehead atoms. The quantitative estimate of drug-likeness (QED) is 0.853. The summed E-state index contributed by atoms with van der Waals surface area (Å²) in [5, 5.41) is 4.77. The van der Waals surface area contributed by atoms with Crippen LogP contribution in [0.1, 0.15) is 39.0 Å². The van der Waals surface area contributed by atoms with E-state index in [1.54, 1.807) is 0 Å². The molecule has 0 atom stereocenters. The molecule has 0 spiro atoms. The monoisotopic (exact) mass is 285 g/mol. The van der Waals surface area contributed by atoms with Crippen LogP contribution in [0, 0.1) is 6.92 Å². The Hall–Kier alpha value is -1.77. The number of hydrogen-bond acceptors (Lipinski definition) is 3. The molecule has 21 heavy (non-hydrogen) atoms. The molecule has 0 aliphatic carbocycles. The van der Waals surface area contributed by atoms with Crippen molar-refractivity contribution >= 4 is 22.3 Å². The Morgan fingerprint density at radius 3 is 2.38 bits per heavy atom. The van der Waals surface area contributed by atoms with Crippen LogP contribution in [-0.2, 0) is 6.42 Å². The van der Waals surface area contributed by atoms with E-state index in [0.29, 0.717) is 0 Å². The van der Waals surface area contributed by atoms with Crippen LogP contribution in [0.2, 0.25) is 0 Å². The molecule has 0 saturated heterocycles. The highest BCUT2D eigenvalue weighted by Crippen LogP contribution is 2.31. The van der Waals surface area contributed by atoms with Crippen molar-refractivity contribution in [2.24, 2.45) is 0 Å². The number of nitrogens with zero attached hydrogens (tertiary/aromatic N) is 2. The second-order valence-electron chi connectivity index (χ2n) is 5.32. The summed E-state index contributed by atoms with van der Waals surface area (Å²) in [5.74, 6) is 0. The molecule has 3 nitrogen and oxygen atoms in total. The summed E-state index contributed by atoms with van der Waals surface area (Å²) in [6.45, 7) is 13.9. The van der Waals surface area contributed by atoms with Gasteiger partial charge in [0.2, 0.25) is 0 Å². The second kappa shape index (κ2) is 6.79. The van der Waals surface area contributed by atoms with Crippen LogP contribution in [0.3, 0.4) is 0 Å². The first-order valence-corrected chi connectivity index (χ1v) is 8.08. The van der Waals surface area contributed by atoms with Crippen LogP contribution < -0.4 is 10.2 Å².